The number of aliphatic hydroxyl groups is 1. The predicted molar refractivity (Wildman–Crippen MR) is 155 cm³/mol. The molecule has 198 valence electrons. The first-order valence-electron chi connectivity index (χ1n) is 12.5. The number of esters is 1. The summed E-state index contributed by atoms with van der Waals surface area (Å²) in [5.41, 5.74) is 2.12. The van der Waals surface area contributed by atoms with Crippen LogP contribution < -0.4 is 9.64 Å². The average Bonchev–Trinajstić information content (AvgIpc) is 3.41. The maximum absolute atomic E-state index is 12.6. The maximum Gasteiger partial charge on any atom is 0.353 e. The normalized spacial score (nSPS) is 21.2. The van der Waals surface area contributed by atoms with Crippen LogP contribution in [0.15, 0.2) is 54.6 Å². The Kier molecular flexibility index (Phi) is 9.82. The van der Waals surface area contributed by atoms with Crippen LogP contribution in [0, 0.1) is 11.8 Å². The largest absolute Gasteiger partial charge is 0.422 e. The number of alkyl halides is 1. The second-order valence-corrected chi connectivity index (χ2v) is 12.5. The summed E-state index contributed by atoms with van der Waals surface area (Å²) in [5, 5.41) is 11.9. The number of nitrogens with zero attached hydrogens (tertiary/aromatic N) is 1. The highest BCUT2D eigenvalue weighted by atomic mass is 35.5. The van der Waals surface area contributed by atoms with Crippen molar-refractivity contribution in [1.29, 1.82) is 0 Å². The van der Waals surface area contributed by atoms with E-state index < -0.39 is 6.10 Å². The third-order valence-electron chi connectivity index (χ3n) is 7.05. The van der Waals surface area contributed by atoms with E-state index in [9.17, 15) is 9.90 Å². The number of anilines is 1. The van der Waals surface area contributed by atoms with Crippen molar-refractivity contribution in [3.8, 4) is 5.75 Å². The van der Waals surface area contributed by atoms with Crippen LogP contribution in [-0.4, -0.2) is 36.7 Å². The van der Waals surface area contributed by atoms with Gasteiger partial charge in [0.1, 0.15) is 10.6 Å². The first kappa shape index (κ1) is 28.3. The highest BCUT2D eigenvalue weighted by Crippen LogP contribution is 2.42. The number of ether oxygens (including phenoxy) is 1. The lowest BCUT2D eigenvalue weighted by Crippen LogP contribution is -2.21. The van der Waals surface area contributed by atoms with E-state index in [1.165, 1.54) is 11.3 Å². The molecule has 1 heterocycles. The minimum atomic E-state index is -0.392. The standard InChI is InChI=1S/C29H32Cl3NO3S/c1-33(2)21-7-9-22(10-8-21)36-29(35)28-13-11-23(37-28)4-3-5-24-25(27(34)17-26(24)32)12-6-18-14-19(30)16-20(31)15-18/h7-11,13-16,24-27,34H,3-6,12,17H2,1-2H3/t24-,25-,26-,27-/m1/s1. The van der Waals surface area contributed by atoms with Gasteiger partial charge in [-0.1, -0.05) is 23.2 Å². The number of carbonyl (C=O) groups is 1. The summed E-state index contributed by atoms with van der Waals surface area (Å²) in [7, 11) is 3.93. The van der Waals surface area contributed by atoms with Crippen molar-refractivity contribution in [2.75, 3.05) is 19.0 Å². The molecule has 0 amide bonds. The molecule has 3 aromatic rings. The Balaban J connectivity index is 1.28. The maximum atomic E-state index is 12.6. The van der Waals surface area contributed by atoms with Gasteiger partial charge >= 0.3 is 5.97 Å². The summed E-state index contributed by atoms with van der Waals surface area (Å²) in [6.45, 7) is 0. The lowest BCUT2D eigenvalue weighted by Gasteiger charge is -2.23. The predicted octanol–water partition coefficient (Wildman–Crippen LogP) is 7.90. The zero-order valence-corrected chi connectivity index (χ0v) is 24.1. The second-order valence-electron chi connectivity index (χ2n) is 9.90. The summed E-state index contributed by atoms with van der Waals surface area (Å²) in [5.74, 6) is 0.591. The number of aryl methyl sites for hydroxylation is 2. The van der Waals surface area contributed by atoms with Gasteiger partial charge in [-0.3, -0.25) is 0 Å². The van der Waals surface area contributed by atoms with Crippen molar-refractivity contribution in [2.24, 2.45) is 11.8 Å². The molecule has 0 saturated heterocycles. The van der Waals surface area contributed by atoms with Crippen molar-refractivity contribution in [3.63, 3.8) is 0 Å². The van der Waals surface area contributed by atoms with E-state index >= 15 is 0 Å². The SMILES string of the molecule is CN(C)c1ccc(OC(=O)c2ccc(CCC[C@@H]3[C@@H](CCc4cc(Cl)cc(Cl)c4)[C@H](O)C[C@H]3Cl)s2)cc1. The van der Waals surface area contributed by atoms with Gasteiger partial charge in [-0.2, -0.15) is 0 Å². The number of hydrogen-bond acceptors (Lipinski definition) is 5. The van der Waals surface area contributed by atoms with Gasteiger partial charge < -0.3 is 14.7 Å². The van der Waals surface area contributed by atoms with Crippen LogP contribution in [0.4, 0.5) is 5.69 Å². The number of rotatable bonds is 10. The van der Waals surface area contributed by atoms with E-state index in [4.69, 9.17) is 39.5 Å². The highest BCUT2D eigenvalue weighted by Gasteiger charge is 2.40. The monoisotopic (exact) mass is 579 g/mol. The Bertz CT molecular complexity index is 1180. The van der Waals surface area contributed by atoms with E-state index in [0.29, 0.717) is 27.1 Å². The molecule has 8 heteroatoms. The molecular weight excluding hydrogens is 549 g/mol. The Morgan fingerprint density at radius 1 is 1.00 bits per heavy atom. The summed E-state index contributed by atoms with van der Waals surface area (Å²) in [6.07, 6.45) is 4.62. The van der Waals surface area contributed by atoms with Gasteiger partial charge in [0.25, 0.3) is 0 Å². The molecule has 0 bridgehead atoms. The topological polar surface area (TPSA) is 49.8 Å². The number of carbonyl (C=O) groups excluding carboxylic acids is 1. The molecule has 1 aliphatic carbocycles. The molecule has 1 saturated carbocycles. The molecule has 0 radical (unpaired) electrons. The third-order valence-corrected chi connectivity index (χ3v) is 9.11. The Labute approximate surface area is 238 Å². The van der Waals surface area contributed by atoms with Crippen LogP contribution in [0.1, 0.15) is 45.8 Å². The molecule has 0 unspecified atom stereocenters. The van der Waals surface area contributed by atoms with Crippen molar-refractivity contribution >= 4 is 57.8 Å². The van der Waals surface area contributed by atoms with Gasteiger partial charge in [-0.25, -0.2) is 4.79 Å². The highest BCUT2D eigenvalue weighted by molar-refractivity contribution is 7.13. The van der Waals surface area contributed by atoms with E-state index in [0.717, 1.165) is 48.2 Å². The lowest BCUT2D eigenvalue weighted by molar-refractivity contribution is 0.0740. The lowest BCUT2D eigenvalue weighted by atomic mass is 9.85. The Morgan fingerprint density at radius 2 is 1.70 bits per heavy atom. The van der Waals surface area contributed by atoms with Crippen LogP contribution in [0.2, 0.25) is 10.0 Å². The number of benzene rings is 2. The van der Waals surface area contributed by atoms with Crippen LogP contribution in [0.5, 0.6) is 5.75 Å². The first-order valence-corrected chi connectivity index (χ1v) is 14.6. The molecule has 1 aliphatic rings. The van der Waals surface area contributed by atoms with Crippen molar-refractivity contribution in [3.05, 3.63) is 80.0 Å². The van der Waals surface area contributed by atoms with Crippen LogP contribution in [0.3, 0.4) is 0 Å². The number of thiophene rings is 1. The first-order chi connectivity index (χ1) is 17.7. The quantitative estimate of drug-likeness (QED) is 0.150. The molecule has 37 heavy (non-hydrogen) atoms. The fraction of sp³-hybridized carbons (Fsp3) is 0.414. The summed E-state index contributed by atoms with van der Waals surface area (Å²) in [6, 6.07) is 16.9. The van der Waals surface area contributed by atoms with E-state index in [1.54, 1.807) is 18.2 Å². The fourth-order valence-corrected chi connectivity index (χ4v) is 7.12. The van der Waals surface area contributed by atoms with Gasteiger partial charge in [0, 0.05) is 40.1 Å². The summed E-state index contributed by atoms with van der Waals surface area (Å²) < 4.78 is 5.54. The number of aliphatic hydroxyl groups excluding tert-OH is 1. The van der Waals surface area contributed by atoms with Gasteiger partial charge in [-0.15, -0.1) is 22.9 Å². The molecule has 1 aromatic heterocycles. The Morgan fingerprint density at radius 3 is 2.38 bits per heavy atom. The van der Waals surface area contributed by atoms with Gasteiger partial charge in [0.05, 0.1) is 6.10 Å². The Hall–Kier alpha value is -1.76. The van der Waals surface area contributed by atoms with Crippen molar-refractivity contribution in [2.45, 2.75) is 50.0 Å². The molecule has 0 spiro atoms. The summed E-state index contributed by atoms with van der Waals surface area (Å²) in [4.78, 5) is 16.3. The van der Waals surface area contributed by atoms with Crippen LogP contribution in [0.25, 0.3) is 0 Å². The van der Waals surface area contributed by atoms with E-state index in [2.05, 4.69) is 0 Å². The van der Waals surface area contributed by atoms with E-state index in [-0.39, 0.29) is 23.2 Å². The van der Waals surface area contributed by atoms with Crippen molar-refractivity contribution < 1.29 is 14.6 Å². The minimum Gasteiger partial charge on any atom is -0.422 e. The average molecular weight is 581 g/mol. The smallest absolute Gasteiger partial charge is 0.353 e. The molecule has 4 atom stereocenters. The van der Waals surface area contributed by atoms with Crippen LogP contribution >= 0.6 is 46.1 Å². The summed E-state index contributed by atoms with van der Waals surface area (Å²) >= 11 is 20.4. The van der Waals surface area contributed by atoms with E-state index in [1.807, 2.05) is 55.4 Å². The molecule has 4 rings (SSSR count). The molecule has 1 N–H and O–H groups in total. The third kappa shape index (κ3) is 7.64. The number of halogens is 3. The van der Waals surface area contributed by atoms with Gasteiger partial charge in [0.2, 0.25) is 0 Å². The molecular formula is C29H32Cl3NO3S. The minimum absolute atomic E-state index is 0.0318. The molecule has 1 fully saturated rings. The number of hydrogen-bond donors (Lipinski definition) is 1. The zero-order valence-electron chi connectivity index (χ0n) is 21.0. The van der Waals surface area contributed by atoms with Gasteiger partial charge in [-0.05, 0) is 111 Å². The molecule has 2 aromatic carbocycles. The van der Waals surface area contributed by atoms with Gasteiger partial charge in [0.15, 0.2) is 0 Å². The van der Waals surface area contributed by atoms with Crippen molar-refractivity contribution in [1.82, 2.24) is 0 Å². The van der Waals surface area contributed by atoms with Crippen LogP contribution in [-0.2, 0) is 12.8 Å². The second kappa shape index (κ2) is 12.9. The zero-order chi connectivity index (χ0) is 26.5. The molecule has 0 aliphatic heterocycles. The molecule has 4 nitrogen and oxygen atoms in total. The fourth-order valence-electron chi connectivity index (χ4n) is 5.13.